The van der Waals surface area contributed by atoms with Gasteiger partial charge < -0.3 is 14.9 Å². The fourth-order valence-electron chi connectivity index (χ4n) is 1.70. The summed E-state index contributed by atoms with van der Waals surface area (Å²) in [6, 6.07) is 7.37. The van der Waals surface area contributed by atoms with Crippen LogP contribution in [0.15, 0.2) is 28.7 Å². The van der Waals surface area contributed by atoms with E-state index < -0.39 is 0 Å². The number of hydrogen-bond acceptors (Lipinski definition) is 3. The van der Waals surface area contributed by atoms with E-state index in [2.05, 4.69) is 0 Å². The van der Waals surface area contributed by atoms with Crippen LogP contribution in [0.5, 0.6) is 5.95 Å². The summed E-state index contributed by atoms with van der Waals surface area (Å²) in [5.74, 6) is -0.144. The number of fused-ring (bicyclic) bond motifs is 1. The molecule has 1 aromatic heterocycles. The fraction of sp³-hybridized carbons (Fsp3) is 0.250. The number of rotatable bonds is 3. The van der Waals surface area contributed by atoms with Gasteiger partial charge in [-0.25, -0.2) is 0 Å². The normalized spacial score (nSPS) is 10.7. The second kappa shape index (κ2) is 3.77. The molecule has 0 aliphatic rings. The van der Waals surface area contributed by atoms with Crippen LogP contribution in [0.25, 0.3) is 11.0 Å². The van der Waals surface area contributed by atoms with Gasteiger partial charge in [-0.15, -0.1) is 0 Å². The van der Waals surface area contributed by atoms with Crippen LogP contribution in [0.1, 0.15) is 25.3 Å². The van der Waals surface area contributed by atoms with E-state index in [0.29, 0.717) is 23.3 Å². The zero-order valence-electron chi connectivity index (χ0n) is 8.58. The topological polar surface area (TPSA) is 57.2 Å². The minimum atomic E-state index is -0.144. The molecule has 0 atom stereocenters. The summed E-state index contributed by atoms with van der Waals surface area (Å²) in [5, 5.41) is 18.3. The van der Waals surface area contributed by atoms with E-state index in [1.807, 2.05) is 25.1 Å². The molecule has 2 N–H and O–H groups in total. The van der Waals surface area contributed by atoms with Crippen LogP contribution < -0.4 is 0 Å². The number of furan rings is 1. The van der Waals surface area contributed by atoms with E-state index in [4.69, 9.17) is 9.83 Å². The molecule has 2 aromatic rings. The van der Waals surface area contributed by atoms with E-state index >= 15 is 0 Å². The molecular weight excluding hydrogens is 190 g/mol. The standard InChI is InChI=1S/C12H13NO2/c1-2-5-9(13)11-8-6-3-4-7-10(8)15-12(11)14/h3-4,6-7,13-14H,2,5H2,1H3. The Morgan fingerprint density at radius 3 is 2.87 bits per heavy atom. The Morgan fingerprint density at radius 1 is 1.40 bits per heavy atom. The van der Waals surface area contributed by atoms with Crippen molar-refractivity contribution in [1.29, 1.82) is 5.41 Å². The van der Waals surface area contributed by atoms with Crippen molar-refractivity contribution >= 4 is 16.7 Å². The summed E-state index contributed by atoms with van der Waals surface area (Å²) >= 11 is 0. The monoisotopic (exact) mass is 203 g/mol. The molecule has 0 spiro atoms. The molecule has 0 bridgehead atoms. The Labute approximate surface area is 87.8 Å². The van der Waals surface area contributed by atoms with Gasteiger partial charge in [0.1, 0.15) is 5.58 Å². The number of hydrogen-bond donors (Lipinski definition) is 2. The van der Waals surface area contributed by atoms with Crippen LogP contribution >= 0.6 is 0 Å². The molecule has 0 aliphatic carbocycles. The van der Waals surface area contributed by atoms with Gasteiger partial charge in [-0.3, -0.25) is 0 Å². The summed E-state index contributed by atoms with van der Waals surface area (Å²) in [5.41, 5.74) is 1.60. The average Bonchev–Trinajstić information content (AvgIpc) is 2.54. The largest absolute Gasteiger partial charge is 0.480 e. The quantitative estimate of drug-likeness (QED) is 0.752. The Bertz CT molecular complexity index is 499. The highest BCUT2D eigenvalue weighted by Crippen LogP contribution is 2.31. The second-order valence-electron chi connectivity index (χ2n) is 3.51. The lowest BCUT2D eigenvalue weighted by atomic mass is 10.0. The van der Waals surface area contributed by atoms with Gasteiger partial charge in [0.15, 0.2) is 0 Å². The molecule has 0 unspecified atom stereocenters. The van der Waals surface area contributed by atoms with Gasteiger partial charge in [-0.2, -0.15) is 0 Å². The predicted molar refractivity (Wildman–Crippen MR) is 59.6 cm³/mol. The molecule has 0 saturated heterocycles. The van der Waals surface area contributed by atoms with Crippen LogP contribution in [-0.4, -0.2) is 10.8 Å². The molecule has 1 aromatic carbocycles. The molecule has 0 fully saturated rings. The first-order valence-corrected chi connectivity index (χ1v) is 5.02. The van der Waals surface area contributed by atoms with Crippen molar-refractivity contribution in [2.75, 3.05) is 0 Å². The van der Waals surface area contributed by atoms with E-state index in [1.54, 1.807) is 6.07 Å². The maximum absolute atomic E-state index is 9.62. The molecule has 0 saturated carbocycles. The first-order valence-electron chi connectivity index (χ1n) is 5.02. The minimum Gasteiger partial charge on any atom is -0.480 e. The van der Waals surface area contributed by atoms with Crippen LogP contribution in [-0.2, 0) is 0 Å². The van der Waals surface area contributed by atoms with Crippen molar-refractivity contribution in [3.05, 3.63) is 29.8 Å². The van der Waals surface area contributed by atoms with Crippen molar-refractivity contribution in [2.45, 2.75) is 19.8 Å². The Morgan fingerprint density at radius 2 is 2.13 bits per heavy atom. The molecule has 1 heterocycles. The molecule has 0 radical (unpaired) electrons. The zero-order valence-corrected chi connectivity index (χ0v) is 8.58. The SMILES string of the molecule is CCCC(=N)c1c(O)oc2ccccc12. The molecule has 3 heteroatoms. The van der Waals surface area contributed by atoms with Gasteiger partial charge in [-0.05, 0) is 12.5 Å². The highest BCUT2D eigenvalue weighted by Gasteiger charge is 2.16. The van der Waals surface area contributed by atoms with E-state index in [9.17, 15) is 5.11 Å². The molecule has 2 rings (SSSR count). The molecular formula is C12H13NO2. The Balaban J connectivity index is 2.58. The molecule has 15 heavy (non-hydrogen) atoms. The Kier molecular flexibility index (Phi) is 2.46. The van der Waals surface area contributed by atoms with Gasteiger partial charge in [-0.1, -0.05) is 31.5 Å². The van der Waals surface area contributed by atoms with Gasteiger partial charge >= 0.3 is 0 Å². The summed E-state index contributed by atoms with van der Waals surface area (Å²) in [6.07, 6.45) is 1.54. The minimum absolute atomic E-state index is 0.144. The predicted octanol–water partition coefficient (Wildman–Crippen LogP) is 3.31. The first-order chi connectivity index (χ1) is 7.24. The van der Waals surface area contributed by atoms with Gasteiger partial charge in [0, 0.05) is 11.1 Å². The smallest absolute Gasteiger partial charge is 0.292 e. The van der Waals surface area contributed by atoms with Crippen molar-refractivity contribution in [1.82, 2.24) is 0 Å². The molecule has 0 amide bonds. The van der Waals surface area contributed by atoms with Crippen molar-refractivity contribution in [3.8, 4) is 5.95 Å². The zero-order chi connectivity index (χ0) is 10.8. The summed E-state index contributed by atoms with van der Waals surface area (Å²) in [7, 11) is 0. The molecule has 78 valence electrons. The lowest BCUT2D eigenvalue weighted by Gasteiger charge is -1.99. The highest BCUT2D eigenvalue weighted by molar-refractivity contribution is 6.10. The third-order valence-corrected chi connectivity index (χ3v) is 2.38. The summed E-state index contributed by atoms with van der Waals surface area (Å²) in [6.45, 7) is 2.01. The summed E-state index contributed by atoms with van der Waals surface area (Å²) < 4.78 is 5.18. The average molecular weight is 203 g/mol. The third-order valence-electron chi connectivity index (χ3n) is 2.38. The number of aromatic hydroxyl groups is 1. The van der Waals surface area contributed by atoms with Crippen LogP contribution in [0.4, 0.5) is 0 Å². The highest BCUT2D eigenvalue weighted by atomic mass is 16.5. The third kappa shape index (κ3) is 1.61. The molecule has 0 aliphatic heterocycles. The fourth-order valence-corrected chi connectivity index (χ4v) is 1.70. The van der Waals surface area contributed by atoms with Crippen molar-refractivity contribution in [3.63, 3.8) is 0 Å². The van der Waals surface area contributed by atoms with E-state index in [1.165, 1.54) is 0 Å². The van der Waals surface area contributed by atoms with Crippen molar-refractivity contribution in [2.24, 2.45) is 0 Å². The van der Waals surface area contributed by atoms with E-state index in [0.717, 1.165) is 11.8 Å². The molecule has 3 nitrogen and oxygen atoms in total. The maximum atomic E-state index is 9.62. The lowest BCUT2D eigenvalue weighted by molar-refractivity contribution is 0.345. The van der Waals surface area contributed by atoms with Gasteiger partial charge in [0.05, 0.1) is 5.56 Å². The lowest BCUT2D eigenvalue weighted by Crippen LogP contribution is -1.96. The Hall–Kier alpha value is -1.77. The van der Waals surface area contributed by atoms with Crippen LogP contribution in [0, 0.1) is 5.41 Å². The second-order valence-corrected chi connectivity index (χ2v) is 3.51. The first kappa shape index (κ1) is 9.77. The summed E-state index contributed by atoms with van der Waals surface area (Å²) in [4.78, 5) is 0. The maximum Gasteiger partial charge on any atom is 0.292 e. The van der Waals surface area contributed by atoms with E-state index in [-0.39, 0.29) is 5.95 Å². The van der Waals surface area contributed by atoms with Crippen LogP contribution in [0.2, 0.25) is 0 Å². The van der Waals surface area contributed by atoms with Crippen LogP contribution in [0.3, 0.4) is 0 Å². The number of para-hydroxylation sites is 1. The van der Waals surface area contributed by atoms with Crippen molar-refractivity contribution < 1.29 is 9.52 Å². The van der Waals surface area contributed by atoms with Gasteiger partial charge in [0.25, 0.3) is 5.95 Å². The van der Waals surface area contributed by atoms with Gasteiger partial charge in [0.2, 0.25) is 0 Å². The number of benzene rings is 1. The number of nitrogens with one attached hydrogen (secondary N) is 1.